The Kier molecular flexibility index (Phi) is 5.74. The number of ether oxygens (including phenoxy) is 1. The summed E-state index contributed by atoms with van der Waals surface area (Å²) in [5.74, 6) is 5.01. The van der Waals surface area contributed by atoms with Crippen molar-refractivity contribution in [1.29, 1.82) is 0 Å². The van der Waals surface area contributed by atoms with Crippen molar-refractivity contribution in [2.24, 2.45) is 5.84 Å². The lowest BCUT2D eigenvalue weighted by Crippen LogP contribution is -2.51. The minimum Gasteiger partial charge on any atom is -0.436 e. The van der Waals surface area contributed by atoms with Crippen LogP contribution in [0.4, 0.5) is 4.79 Å². The fraction of sp³-hybridized carbons (Fsp3) is 0.143. The SMILES string of the molecule is CN(C(=O)OC1c2ccccc2-c2ccccc21)[C@@H](Cc1ccc2ccccc2c1)C(=O)NN. The number of hydrogen-bond acceptors (Lipinski definition) is 4. The molecule has 1 aliphatic rings. The van der Waals surface area contributed by atoms with Crippen LogP contribution >= 0.6 is 0 Å². The van der Waals surface area contributed by atoms with Crippen molar-refractivity contribution in [2.75, 3.05) is 7.05 Å². The predicted molar refractivity (Wildman–Crippen MR) is 132 cm³/mol. The van der Waals surface area contributed by atoms with Gasteiger partial charge in [0.2, 0.25) is 0 Å². The molecule has 5 rings (SSSR count). The van der Waals surface area contributed by atoms with Gasteiger partial charge in [-0.25, -0.2) is 10.6 Å². The van der Waals surface area contributed by atoms with E-state index in [4.69, 9.17) is 10.6 Å². The Morgan fingerprint density at radius 1 is 0.882 bits per heavy atom. The second-order valence-electron chi connectivity index (χ2n) is 8.46. The highest BCUT2D eigenvalue weighted by atomic mass is 16.6. The fourth-order valence-corrected chi connectivity index (χ4v) is 4.64. The summed E-state index contributed by atoms with van der Waals surface area (Å²) in [5, 5.41) is 2.17. The standard InChI is InChI=1S/C28H25N3O3/c1-31(25(27(32)30-29)17-18-14-15-19-8-2-3-9-20(19)16-18)28(33)34-26-23-12-6-4-10-21(23)22-11-5-7-13-24(22)26/h2-16,25-26H,17,29H2,1H3,(H,30,32)/t25-/m0/s1. The van der Waals surface area contributed by atoms with E-state index in [2.05, 4.69) is 5.43 Å². The predicted octanol–water partition coefficient (Wildman–Crippen LogP) is 4.58. The highest BCUT2D eigenvalue weighted by molar-refractivity contribution is 5.87. The Bertz CT molecular complexity index is 1340. The summed E-state index contributed by atoms with van der Waals surface area (Å²) in [6, 6.07) is 28.9. The molecule has 0 radical (unpaired) electrons. The first-order valence-corrected chi connectivity index (χ1v) is 11.2. The third-order valence-corrected chi connectivity index (χ3v) is 6.44. The summed E-state index contributed by atoms with van der Waals surface area (Å²) in [5.41, 5.74) is 7.07. The van der Waals surface area contributed by atoms with Crippen LogP contribution in [-0.2, 0) is 16.0 Å². The van der Waals surface area contributed by atoms with Crippen LogP contribution in [0.25, 0.3) is 21.9 Å². The first-order chi connectivity index (χ1) is 16.6. The molecule has 1 aliphatic carbocycles. The van der Waals surface area contributed by atoms with Crippen molar-refractivity contribution < 1.29 is 14.3 Å². The van der Waals surface area contributed by atoms with Gasteiger partial charge in [0.15, 0.2) is 6.10 Å². The van der Waals surface area contributed by atoms with Crippen LogP contribution in [0.15, 0.2) is 91.0 Å². The molecule has 0 fully saturated rings. The zero-order valence-electron chi connectivity index (χ0n) is 18.8. The molecule has 34 heavy (non-hydrogen) atoms. The summed E-state index contributed by atoms with van der Waals surface area (Å²) in [6.07, 6.45) is -0.826. The molecule has 0 bridgehead atoms. The van der Waals surface area contributed by atoms with Crippen LogP contribution in [0.5, 0.6) is 0 Å². The molecule has 0 saturated heterocycles. The highest BCUT2D eigenvalue weighted by Gasteiger charge is 2.34. The van der Waals surface area contributed by atoms with E-state index in [1.807, 2.05) is 91.0 Å². The van der Waals surface area contributed by atoms with Crippen molar-refractivity contribution in [3.63, 3.8) is 0 Å². The minimum atomic E-state index is -0.828. The highest BCUT2D eigenvalue weighted by Crippen LogP contribution is 2.45. The molecule has 0 saturated carbocycles. The molecule has 0 unspecified atom stereocenters. The van der Waals surface area contributed by atoms with Gasteiger partial charge >= 0.3 is 6.09 Å². The Morgan fingerprint density at radius 3 is 2.12 bits per heavy atom. The number of hydrazine groups is 1. The van der Waals surface area contributed by atoms with Gasteiger partial charge in [-0.15, -0.1) is 0 Å². The second kappa shape index (κ2) is 9.00. The molecule has 0 aliphatic heterocycles. The smallest absolute Gasteiger partial charge is 0.411 e. The van der Waals surface area contributed by atoms with Crippen molar-refractivity contribution in [1.82, 2.24) is 10.3 Å². The van der Waals surface area contributed by atoms with Gasteiger partial charge < -0.3 is 4.74 Å². The van der Waals surface area contributed by atoms with Crippen molar-refractivity contribution in [3.05, 3.63) is 108 Å². The second-order valence-corrected chi connectivity index (χ2v) is 8.46. The maximum atomic E-state index is 13.3. The van der Waals surface area contributed by atoms with E-state index in [-0.39, 0.29) is 0 Å². The van der Waals surface area contributed by atoms with Gasteiger partial charge in [0.05, 0.1) is 0 Å². The molecular formula is C28H25N3O3. The number of likely N-dealkylation sites (N-methyl/N-ethyl adjacent to an activating group) is 1. The van der Waals surface area contributed by atoms with Gasteiger partial charge in [-0.05, 0) is 27.5 Å². The van der Waals surface area contributed by atoms with Crippen LogP contribution in [0, 0.1) is 0 Å². The average molecular weight is 452 g/mol. The lowest BCUT2D eigenvalue weighted by atomic mass is 10.0. The van der Waals surface area contributed by atoms with Crippen LogP contribution in [0.3, 0.4) is 0 Å². The molecule has 1 atom stereocenters. The number of hydrogen-bond donors (Lipinski definition) is 2. The molecule has 4 aromatic rings. The minimum absolute atomic E-state index is 0.303. The van der Waals surface area contributed by atoms with E-state index in [0.717, 1.165) is 38.6 Å². The molecule has 3 N–H and O–H groups in total. The quantitative estimate of drug-likeness (QED) is 0.264. The van der Waals surface area contributed by atoms with Gasteiger partial charge in [0, 0.05) is 24.6 Å². The summed E-state index contributed by atoms with van der Waals surface area (Å²) in [6.45, 7) is 0. The largest absolute Gasteiger partial charge is 0.436 e. The van der Waals surface area contributed by atoms with E-state index in [9.17, 15) is 9.59 Å². The Labute approximate surface area is 197 Å². The number of rotatable bonds is 5. The molecule has 6 nitrogen and oxygen atoms in total. The zero-order chi connectivity index (χ0) is 23.7. The number of nitrogens with two attached hydrogens (primary N) is 1. The van der Waals surface area contributed by atoms with E-state index < -0.39 is 24.1 Å². The number of carbonyl (C=O) groups is 2. The van der Waals surface area contributed by atoms with E-state index in [1.54, 1.807) is 7.05 Å². The number of nitrogens with zero attached hydrogens (tertiary/aromatic N) is 1. The molecule has 0 aromatic heterocycles. The molecule has 6 heteroatoms. The number of amides is 2. The van der Waals surface area contributed by atoms with Crippen molar-refractivity contribution in [3.8, 4) is 11.1 Å². The van der Waals surface area contributed by atoms with Crippen LogP contribution in [0.2, 0.25) is 0 Å². The molecular weight excluding hydrogens is 426 g/mol. The zero-order valence-corrected chi connectivity index (χ0v) is 18.8. The third kappa shape index (κ3) is 3.89. The summed E-state index contributed by atoms with van der Waals surface area (Å²) >= 11 is 0. The maximum Gasteiger partial charge on any atom is 0.411 e. The van der Waals surface area contributed by atoms with Crippen LogP contribution < -0.4 is 11.3 Å². The topological polar surface area (TPSA) is 84.7 Å². The van der Waals surface area contributed by atoms with Gasteiger partial charge in [0.25, 0.3) is 5.91 Å². The van der Waals surface area contributed by atoms with Gasteiger partial charge in [-0.3, -0.25) is 15.1 Å². The number of fused-ring (bicyclic) bond motifs is 4. The lowest BCUT2D eigenvalue weighted by Gasteiger charge is -2.28. The van der Waals surface area contributed by atoms with E-state index >= 15 is 0 Å². The summed E-state index contributed by atoms with van der Waals surface area (Å²) < 4.78 is 5.98. The number of carbonyl (C=O) groups excluding carboxylic acids is 2. The average Bonchev–Trinajstić information content (AvgIpc) is 3.20. The molecule has 2 amide bonds. The number of benzene rings is 4. The maximum absolute atomic E-state index is 13.3. The lowest BCUT2D eigenvalue weighted by molar-refractivity contribution is -0.125. The molecule has 170 valence electrons. The number of nitrogens with one attached hydrogen (secondary N) is 1. The third-order valence-electron chi connectivity index (χ3n) is 6.44. The first kappa shape index (κ1) is 21.7. The normalized spacial score (nSPS) is 13.1. The van der Waals surface area contributed by atoms with Gasteiger partial charge in [0.1, 0.15) is 6.04 Å². The molecule has 0 heterocycles. The first-order valence-electron chi connectivity index (χ1n) is 11.2. The van der Waals surface area contributed by atoms with Gasteiger partial charge in [-0.1, -0.05) is 91.0 Å². The summed E-state index contributed by atoms with van der Waals surface area (Å²) in [4.78, 5) is 27.3. The fourth-order valence-electron chi connectivity index (χ4n) is 4.64. The van der Waals surface area contributed by atoms with Crippen molar-refractivity contribution >= 4 is 22.8 Å². The Hall–Kier alpha value is -4.16. The van der Waals surface area contributed by atoms with E-state index in [0.29, 0.717) is 6.42 Å². The monoisotopic (exact) mass is 451 g/mol. The van der Waals surface area contributed by atoms with Gasteiger partial charge in [-0.2, -0.15) is 0 Å². The Balaban J connectivity index is 1.40. The van der Waals surface area contributed by atoms with Crippen LogP contribution in [-0.4, -0.2) is 30.0 Å². The van der Waals surface area contributed by atoms with E-state index in [1.165, 1.54) is 4.90 Å². The molecule has 4 aromatic carbocycles. The van der Waals surface area contributed by atoms with Crippen LogP contribution in [0.1, 0.15) is 22.8 Å². The van der Waals surface area contributed by atoms with Crippen molar-refractivity contribution in [2.45, 2.75) is 18.6 Å². The Morgan fingerprint density at radius 2 is 1.47 bits per heavy atom. The summed E-state index contributed by atoms with van der Waals surface area (Å²) in [7, 11) is 1.57. The molecule has 0 spiro atoms.